The molecule has 2 aromatic rings. The summed E-state index contributed by atoms with van der Waals surface area (Å²) in [4.78, 5) is 39.6. The van der Waals surface area contributed by atoms with Crippen LogP contribution in [0.5, 0.6) is 11.5 Å². The molecule has 0 aromatic heterocycles. The zero-order valence-corrected chi connectivity index (χ0v) is 19.8. The second-order valence-electron chi connectivity index (χ2n) is 8.28. The van der Waals surface area contributed by atoms with Gasteiger partial charge in [-0.2, -0.15) is 8.78 Å². The zero-order chi connectivity index (χ0) is 26.0. The predicted octanol–water partition coefficient (Wildman–Crippen LogP) is 4.86. The van der Waals surface area contributed by atoms with Crippen molar-refractivity contribution >= 4 is 35.1 Å². The van der Waals surface area contributed by atoms with Crippen LogP contribution in [0.1, 0.15) is 46.8 Å². The number of ether oxygens (including phenoxy) is 3. The maximum absolute atomic E-state index is 13.6. The normalized spacial score (nSPS) is 15.5. The van der Waals surface area contributed by atoms with Crippen LogP contribution in [0.25, 0.3) is 0 Å². The summed E-state index contributed by atoms with van der Waals surface area (Å²) in [7, 11) is 1.18. The molecule has 1 aliphatic heterocycles. The molecule has 2 aliphatic rings. The van der Waals surface area contributed by atoms with Crippen LogP contribution < -0.4 is 14.8 Å². The number of methoxy groups -OCH3 is 1. The van der Waals surface area contributed by atoms with Crippen LogP contribution in [0.15, 0.2) is 30.3 Å². The number of nitrogens with zero attached hydrogens (tertiary/aromatic N) is 1. The summed E-state index contributed by atoms with van der Waals surface area (Å²) in [6.45, 7) is -4.50. The van der Waals surface area contributed by atoms with E-state index in [1.165, 1.54) is 24.1 Å². The highest BCUT2D eigenvalue weighted by Gasteiger charge is 2.39. The molecule has 0 radical (unpaired) electrons. The van der Waals surface area contributed by atoms with Crippen molar-refractivity contribution in [3.63, 3.8) is 0 Å². The number of anilines is 1. The van der Waals surface area contributed by atoms with Gasteiger partial charge in [-0.25, -0.2) is 4.39 Å². The predicted molar refractivity (Wildman–Crippen MR) is 122 cm³/mol. The number of amides is 2. The number of carbonyl (C=O) groups is 3. The maximum Gasteiger partial charge on any atom is 0.387 e. The van der Waals surface area contributed by atoms with Gasteiger partial charge in [0.15, 0.2) is 11.5 Å². The van der Waals surface area contributed by atoms with Gasteiger partial charge in [-0.1, -0.05) is 17.7 Å². The van der Waals surface area contributed by atoms with E-state index in [0.29, 0.717) is 16.3 Å². The van der Waals surface area contributed by atoms with Gasteiger partial charge in [0, 0.05) is 23.0 Å². The standard InChI is InChI=1S/C24H22ClF3N2O6/c1-34-20(31)9-17(13-4-7-18(36-24(27)28)19(8-13)35-11-26)30-10-14-15(25)5-6-16(21(14)23(30)33)29-22(32)12-2-3-12/h4-8,12,17,24H,2-3,9-11H2,1H3,(H,29,32). The molecule has 1 saturated carbocycles. The Bertz CT molecular complexity index is 1190. The number of fused-ring (bicyclic) bond motifs is 1. The number of hydrogen-bond acceptors (Lipinski definition) is 6. The van der Waals surface area contributed by atoms with Crippen molar-refractivity contribution in [3.8, 4) is 11.5 Å². The average Bonchev–Trinajstić information content (AvgIpc) is 3.64. The van der Waals surface area contributed by atoms with Crippen molar-refractivity contribution in [1.29, 1.82) is 0 Å². The highest BCUT2D eigenvalue weighted by atomic mass is 35.5. The van der Waals surface area contributed by atoms with Crippen molar-refractivity contribution in [2.24, 2.45) is 5.92 Å². The Labute approximate surface area is 209 Å². The first-order valence-electron chi connectivity index (χ1n) is 11.0. The van der Waals surface area contributed by atoms with Crippen LogP contribution in [0.4, 0.5) is 18.9 Å². The van der Waals surface area contributed by atoms with Crippen LogP contribution in [-0.4, -0.2) is 43.3 Å². The molecule has 0 spiro atoms. The lowest BCUT2D eigenvalue weighted by Crippen LogP contribution is -2.31. The molecule has 0 saturated heterocycles. The van der Waals surface area contributed by atoms with E-state index in [4.69, 9.17) is 21.1 Å². The quantitative estimate of drug-likeness (QED) is 0.445. The molecule has 2 aromatic carbocycles. The third-order valence-corrected chi connectivity index (χ3v) is 6.36. The minimum atomic E-state index is -3.18. The Kier molecular flexibility index (Phi) is 7.58. The summed E-state index contributed by atoms with van der Waals surface area (Å²) in [6.07, 6.45) is 1.25. The van der Waals surface area contributed by atoms with Crippen LogP contribution in [0.2, 0.25) is 5.02 Å². The zero-order valence-electron chi connectivity index (χ0n) is 19.1. The average molecular weight is 527 g/mol. The van der Waals surface area contributed by atoms with Crippen LogP contribution in [-0.2, 0) is 20.9 Å². The Morgan fingerprint density at radius 1 is 1.19 bits per heavy atom. The highest BCUT2D eigenvalue weighted by Crippen LogP contribution is 2.42. The van der Waals surface area contributed by atoms with Crippen molar-refractivity contribution < 1.29 is 41.8 Å². The van der Waals surface area contributed by atoms with Gasteiger partial charge in [0.2, 0.25) is 12.8 Å². The molecule has 8 nitrogen and oxygen atoms in total. The number of nitrogens with one attached hydrogen (secondary N) is 1. The summed E-state index contributed by atoms with van der Waals surface area (Å²) >= 11 is 6.37. The van der Waals surface area contributed by atoms with E-state index in [1.807, 2.05) is 0 Å². The topological polar surface area (TPSA) is 94.2 Å². The number of halogens is 4. The van der Waals surface area contributed by atoms with Crippen LogP contribution in [0, 0.1) is 5.92 Å². The second kappa shape index (κ2) is 10.7. The molecule has 1 atom stereocenters. The first kappa shape index (κ1) is 25.6. The number of benzene rings is 2. The van der Waals surface area contributed by atoms with Crippen LogP contribution in [0.3, 0.4) is 0 Å². The molecule has 1 aliphatic carbocycles. The van der Waals surface area contributed by atoms with Gasteiger partial charge in [-0.05, 0) is 42.7 Å². The Morgan fingerprint density at radius 3 is 2.58 bits per heavy atom. The molecule has 36 heavy (non-hydrogen) atoms. The summed E-state index contributed by atoms with van der Waals surface area (Å²) in [5.41, 5.74) is 1.25. The number of hydrogen-bond donors (Lipinski definition) is 1. The third-order valence-electron chi connectivity index (χ3n) is 6.01. The number of esters is 1. The molecule has 192 valence electrons. The fourth-order valence-corrected chi connectivity index (χ4v) is 4.31. The van der Waals surface area contributed by atoms with E-state index < -0.39 is 37.1 Å². The molecule has 1 N–H and O–H groups in total. The first-order chi connectivity index (χ1) is 17.2. The van der Waals surface area contributed by atoms with E-state index in [1.54, 1.807) is 12.1 Å². The minimum Gasteiger partial charge on any atom is -0.469 e. The first-order valence-corrected chi connectivity index (χ1v) is 11.4. The lowest BCUT2D eigenvalue weighted by molar-refractivity contribution is -0.141. The minimum absolute atomic E-state index is 0.00358. The van der Waals surface area contributed by atoms with Crippen molar-refractivity contribution in [2.45, 2.75) is 38.5 Å². The number of rotatable bonds is 10. The SMILES string of the molecule is COC(=O)CC(c1ccc(OC(F)F)c(OCF)c1)N1Cc2c(Cl)ccc(NC(=O)C3CC3)c2C1=O. The fraction of sp³-hybridized carbons (Fsp3) is 0.375. The van der Waals surface area contributed by atoms with Gasteiger partial charge in [0.05, 0.1) is 30.8 Å². The van der Waals surface area contributed by atoms with Gasteiger partial charge < -0.3 is 24.4 Å². The molecule has 0 bridgehead atoms. The van der Waals surface area contributed by atoms with Gasteiger partial charge in [-0.3, -0.25) is 14.4 Å². The summed E-state index contributed by atoms with van der Waals surface area (Å²) < 4.78 is 52.4. The molecule has 12 heteroatoms. The van der Waals surface area contributed by atoms with E-state index in [-0.39, 0.29) is 41.7 Å². The van der Waals surface area contributed by atoms with Crippen molar-refractivity contribution in [1.82, 2.24) is 4.90 Å². The van der Waals surface area contributed by atoms with E-state index in [0.717, 1.165) is 18.9 Å². The molecule has 1 fully saturated rings. The molecule has 4 rings (SSSR count). The van der Waals surface area contributed by atoms with E-state index in [9.17, 15) is 27.6 Å². The lowest BCUT2D eigenvalue weighted by Gasteiger charge is -2.28. The summed E-state index contributed by atoms with van der Waals surface area (Å²) in [6, 6.07) is 5.88. The second-order valence-corrected chi connectivity index (χ2v) is 8.69. The lowest BCUT2D eigenvalue weighted by atomic mass is 10.0. The van der Waals surface area contributed by atoms with Crippen LogP contribution >= 0.6 is 11.6 Å². The van der Waals surface area contributed by atoms with E-state index in [2.05, 4.69) is 10.1 Å². The third kappa shape index (κ3) is 5.35. The van der Waals surface area contributed by atoms with Gasteiger partial charge >= 0.3 is 12.6 Å². The molecular weight excluding hydrogens is 505 g/mol. The molecular formula is C24H22ClF3N2O6. The summed E-state index contributed by atoms with van der Waals surface area (Å²) in [5.74, 6) is -2.19. The summed E-state index contributed by atoms with van der Waals surface area (Å²) in [5, 5.41) is 3.07. The van der Waals surface area contributed by atoms with E-state index >= 15 is 0 Å². The number of carbonyl (C=O) groups excluding carboxylic acids is 3. The monoisotopic (exact) mass is 526 g/mol. The van der Waals surface area contributed by atoms with Crippen molar-refractivity contribution in [2.75, 3.05) is 19.3 Å². The smallest absolute Gasteiger partial charge is 0.387 e. The highest BCUT2D eigenvalue weighted by molar-refractivity contribution is 6.32. The maximum atomic E-state index is 13.6. The molecule has 2 amide bonds. The van der Waals surface area contributed by atoms with Gasteiger partial charge in [-0.15, -0.1) is 0 Å². The molecule has 1 heterocycles. The fourth-order valence-electron chi connectivity index (χ4n) is 4.09. The Balaban J connectivity index is 1.71. The largest absolute Gasteiger partial charge is 0.469 e. The van der Waals surface area contributed by atoms with Crippen molar-refractivity contribution in [3.05, 3.63) is 52.0 Å². The number of alkyl halides is 3. The molecule has 1 unspecified atom stereocenters. The Morgan fingerprint density at radius 2 is 1.94 bits per heavy atom. The van der Waals surface area contributed by atoms with Gasteiger partial charge in [0.1, 0.15) is 0 Å². The Hall–Kier alpha value is -3.47. The van der Waals surface area contributed by atoms with Gasteiger partial charge in [0.25, 0.3) is 5.91 Å².